The molecule has 0 fully saturated rings. The van der Waals surface area contributed by atoms with Gasteiger partial charge in [0.05, 0.1) is 11.4 Å². The van der Waals surface area contributed by atoms with Crippen LogP contribution in [0.4, 0.5) is 5.69 Å². The molecule has 1 N–H and O–H groups in total. The molecule has 0 aromatic heterocycles. The normalized spacial score (nSPS) is 11.4. The lowest BCUT2D eigenvalue weighted by Crippen LogP contribution is -2.17. The summed E-state index contributed by atoms with van der Waals surface area (Å²) in [5, 5.41) is 0. The average molecular weight is 262 g/mol. The zero-order chi connectivity index (χ0) is 12.0. The van der Waals surface area contributed by atoms with Crippen LogP contribution < -0.4 is 4.72 Å². The van der Waals surface area contributed by atoms with E-state index >= 15 is 0 Å². The van der Waals surface area contributed by atoms with E-state index in [2.05, 4.69) is 4.72 Å². The molecule has 3 nitrogen and oxygen atoms in total. The van der Waals surface area contributed by atoms with Crippen molar-refractivity contribution < 1.29 is 8.42 Å². The molecule has 0 bridgehead atoms. The molecule has 1 rings (SSSR count). The first-order chi connectivity index (χ1) is 7.55. The average Bonchev–Trinajstić information content (AvgIpc) is 2.21. The number of hydrogen-bond acceptors (Lipinski definition) is 2. The van der Waals surface area contributed by atoms with Crippen molar-refractivity contribution in [2.75, 3.05) is 16.4 Å². The molecular weight excluding hydrogens is 246 g/mol. The zero-order valence-corrected chi connectivity index (χ0v) is 10.8. The highest BCUT2D eigenvalue weighted by atomic mass is 35.5. The summed E-state index contributed by atoms with van der Waals surface area (Å²) in [4.78, 5) is 0. The van der Waals surface area contributed by atoms with Crippen molar-refractivity contribution in [1.82, 2.24) is 0 Å². The topological polar surface area (TPSA) is 46.2 Å². The summed E-state index contributed by atoms with van der Waals surface area (Å²) < 4.78 is 25.9. The van der Waals surface area contributed by atoms with Crippen molar-refractivity contribution in [3.8, 4) is 0 Å². The fourth-order valence-corrected chi connectivity index (χ4v) is 2.73. The van der Waals surface area contributed by atoms with Gasteiger partial charge in [0.1, 0.15) is 0 Å². The van der Waals surface area contributed by atoms with Gasteiger partial charge in [0.15, 0.2) is 0 Å². The van der Waals surface area contributed by atoms with Crippen molar-refractivity contribution in [3.63, 3.8) is 0 Å². The van der Waals surface area contributed by atoms with Crippen LogP contribution in [0.1, 0.15) is 18.4 Å². The largest absolute Gasteiger partial charge is 0.283 e. The van der Waals surface area contributed by atoms with Gasteiger partial charge in [-0.15, -0.1) is 11.6 Å². The molecular formula is C11H16ClNO2S. The number of aryl methyl sites for hydroxylation is 1. The Hall–Kier alpha value is -0.740. The highest BCUT2D eigenvalue weighted by molar-refractivity contribution is 7.92. The summed E-state index contributed by atoms with van der Waals surface area (Å²) in [5.41, 5.74) is 1.57. The number of nitrogens with one attached hydrogen (secondary N) is 1. The van der Waals surface area contributed by atoms with Gasteiger partial charge < -0.3 is 0 Å². The predicted octanol–water partition coefficient (Wildman–Crippen LogP) is 2.76. The summed E-state index contributed by atoms with van der Waals surface area (Å²) in [6.07, 6.45) is 1.31. The minimum atomic E-state index is -3.24. The highest BCUT2D eigenvalue weighted by Gasteiger charge is 2.10. The molecule has 0 saturated carbocycles. The monoisotopic (exact) mass is 261 g/mol. The Morgan fingerprint density at radius 2 is 1.94 bits per heavy atom. The summed E-state index contributed by atoms with van der Waals surface area (Å²) >= 11 is 5.50. The van der Waals surface area contributed by atoms with Gasteiger partial charge in [-0.3, -0.25) is 4.72 Å². The first-order valence-corrected chi connectivity index (χ1v) is 7.36. The van der Waals surface area contributed by atoms with Crippen molar-refractivity contribution in [3.05, 3.63) is 29.8 Å². The number of benzene rings is 1. The van der Waals surface area contributed by atoms with Gasteiger partial charge >= 0.3 is 0 Å². The lowest BCUT2D eigenvalue weighted by atomic mass is 10.2. The molecule has 0 aliphatic carbocycles. The van der Waals surface area contributed by atoms with E-state index in [1.165, 1.54) is 0 Å². The van der Waals surface area contributed by atoms with Crippen molar-refractivity contribution in [2.45, 2.75) is 19.8 Å². The predicted molar refractivity (Wildman–Crippen MR) is 68.5 cm³/mol. The SMILES string of the molecule is Cc1ccccc1NS(=O)(=O)CCCCCl. The second-order valence-electron chi connectivity index (χ2n) is 3.63. The quantitative estimate of drug-likeness (QED) is 0.632. The van der Waals surface area contributed by atoms with E-state index in [1.54, 1.807) is 6.07 Å². The van der Waals surface area contributed by atoms with E-state index in [0.717, 1.165) is 12.0 Å². The Morgan fingerprint density at radius 1 is 1.25 bits per heavy atom. The lowest BCUT2D eigenvalue weighted by molar-refractivity contribution is 0.598. The number of anilines is 1. The van der Waals surface area contributed by atoms with Crippen LogP contribution >= 0.6 is 11.6 Å². The highest BCUT2D eigenvalue weighted by Crippen LogP contribution is 2.15. The smallest absolute Gasteiger partial charge is 0.232 e. The van der Waals surface area contributed by atoms with E-state index < -0.39 is 10.0 Å². The van der Waals surface area contributed by atoms with E-state index in [1.807, 2.05) is 25.1 Å². The van der Waals surface area contributed by atoms with Gasteiger partial charge in [-0.2, -0.15) is 0 Å². The van der Waals surface area contributed by atoms with Crippen LogP contribution in [0.25, 0.3) is 0 Å². The van der Waals surface area contributed by atoms with Crippen LogP contribution in [0, 0.1) is 6.92 Å². The summed E-state index contributed by atoms with van der Waals surface area (Å²) in [6, 6.07) is 7.31. The zero-order valence-electron chi connectivity index (χ0n) is 9.24. The molecule has 1 aromatic rings. The van der Waals surface area contributed by atoms with E-state index in [9.17, 15) is 8.42 Å². The number of alkyl halides is 1. The molecule has 1 aromatic carbocycles. The van der Waals surface area contributed by atoms with Crippen molar-refractivity contribution >= 4 is 27.3 Å². The molecule has 0 aliphatic heterocycles. The van der Waals surface area contributed by atoms with Gasteiger partial charge in [-0.05, 0) is 31.4 Å². The number of sulfonamides is 1. The fraction of sp³-hybridized carbons (Fsp3) is 0.455. The molecule has 0 atom stereocenters. The van der Waals surface area contributed by atoms with Gasteiger partial charge in [0.2, 0.25) is 10.0 Å². The summed E-state index contributed by atoms with van der Waals surface area (Å²) in [6.45, 7) is 1.87. The number of para-hydroxylation sites is 1. The Balaban J connectivity index is 2.63. The second-order valence-corrected chi connectivity index (χ2v) is 5.85. The molecule has 0 spiro atoms. The van der Waals surface area contributed by atoms with E-state index in [4.69, 9.17) is 11.6 Å². The fourth-order valence-electron chi connectivity index (χ4n) is 1.29. The first-order valence-electron chi connectivity index (χ1n) is 5.17. The lowest BCUT2D eigenvalue weighted by Gasteiger charge is -2.09. The van der Waals surface area contributed by atoms with Crippen molar-refractivity contribution in [1.29, 1.82) is 0 Å². The molecule has 0 aliphatic rings. The maximum Gasteiger partial charge on any atom is 0.232 e. The Labute approximate surface area is 102 Å². The van der Waals surface area contributed by atoms with Gasteiger partial charge in [-0.1, -0.05) is 18.2 Å². The van der Waals surface area contributed by atoms with Crippen LogP contribution in [0.15, 0.2) is 24.3 Å². The number of halogens is 1. The Bertz CT molecular complexity index is 431. The molecule has 90 valence electrons. The third-order valence-electron chi connectivity index (χ3n) is 2.21. The standard InChI is InChI=1S/C11H16ClNO2S/c1-10-6-2-3-7-11(10)13-16(14,15)9-5-4-8-12/h2-3,6-7,13H,4-5,8-9H2,1H3. The molecule has 16 heavy (non-hydrogen) atoms. The van der Waals surface area contributed by atoms with Gasteiger partial charge in [0, 0.05) is 5.88 Å². The van der Waals surface area contributed by atoms with E-state index in [-0.39, 0.29) is 5.75 Å². The maximum absolute atomic E-state index is 11.7. The first kappa shape index (κ1) is 13.3. The minimum Gasteiger partial charge on any atom is -0.283 e. The van der Waals surface area contributed by atoms with Gasteiger partial charge in [0.25, 0.3) is 0 Å². The van der Waals surface area contributed by atoms with Crippen LogP contribution in [0.5, 0.6) is 0 Å². The Kier molecular flexibility index (Phi) is 5.09. The Morgan fingerprint density at radius 3 is 2.56 bits per heavy atom. The second kappa shape index (κ2) is 6.11. The summed E-state index contributed by atoms with van der Waals surface area (Å²) in [5.74, 6) is 0.619. The number of rotatable bonds is 6. The van der Waals surface area contributed by atoms with Crippen LogP contribution in [-0.2, 0) is 10.0 Å². The molecule has 0 saturated heterocycles. The van der Waals surface area contributed by atoms with Crippen LogP contribution in [0.3, 0.4) is 0 Å². The maximum atomic E-state index is 11.7. The van der Waals surface area contributed by atoms with Crippen LogP contribution in [0.2, 0.25) is 0 Å². The molecule has 0 heterocycles. The van der Waals surface area contributed by atoms with Crippen molar-refractivity contribution in [2.24, 2.45) is 0 Å². The van der Waals surface area contributed by atoms with Gasteiger partial charge in [-0.25, -0.2) is 8.42 Å². The minimum absolute atomic E-state index is 0.119. The third-order valence-corrected chi connectivity index (χ3v) is 3.83. The molecule has 0 radical (unpaired) electrons. The molecule has 0 amide bonds. The summed E-state index contributed by atoms with van der Waals surface area (Å²) in [7, 11) is -3.24. The number of unbranched alkanes of at least 4 members (excludes halogenated alkanes) is 1. The van der Waals surface area contributed by atoms with E-state index in [0.29, 0.717) is 18.0 Å². The molecule has 0 unspecified atom stereocenters. The molecule has 5 heteroatoms. The van der Waals surface area contributed by atoms with Crippen LogP contribution in [-0.4, -0.2) is 20.1 Å². The number of hydrogen-bond donors (Lipinski definition) is 1. The third kappa shape index (κ3) is 4.41.